The fourth-order valence-corrected chi connectivity index (χ4v) is 5.11. The number of rotatable bonds is 9. The van der Waals surface area contributed by atoms with Crippen molar-refractivity contribution in [2.24, 2.45) is 0 Å². The van der Waals surface area contributed by atoms with Gasteiger partial charge in [0.25, 0.3) is 0 Å². The Morgan fingerprint density at radius 1 is 1.05 bits per heavy atom. The molecule has 0 radical (unpaired) electrons. The SMILES string of the molecule is C#Cc1cc(NC(c2ccc(F)cc2)c2cn(C3CC3)nn2)cc2c(N[C@H](CC)c3ccccc3)c(C#N)cnc12. The number of hydrogen-bond acceptors (Lipinski definition) is 6. The van der Waals surface area contributed by atoms with Crippen LogP contribution in [0.5, 0.6) is 0 Å². The lowest BCUT2D eigenvalue weighted by Crippen LogP contribution is -2.14. The Balaban J connectivity index is 1.45. The summed E-state index contributed by atoms with van der Waals surface area (Å²) in [5.41, 5.74) is 5.68. The Kier molecular flexibility index (Phi) is 7.06. The molecule has 0 spiro atoms. The molecule has 1 aliphatic rings. The number of aromatic nitrogens is 4. The molecule has 1 unspecified atom stereocenters. The van der Waals surface area contributed by atoms with E-state index in [1.165, 1.54) is 12.1 Å². The van der Waals surface area contributed by atoms with E-state index in [-0.39, 0.29) is 11.9 Å². The predicted octanol–water partition coefficient (Wildman–Crippen LogP) is 6.92. The van der Waals surface area contributed by atoms with Crippen LogP contribution in [-0.4, -0.2) is 20.0 Å². The smallest absolute Gasteiger partial charge is 0.123 e. The summed E-state index contributed by atoms with van der Waals surface area (Å²) in [5, 5.41) is 26.7. The van der Waals surface area contributed by atoms with Gasteiger partial charge < -0.3 is 10.6 Å². The molecule has 0 amide bonds. The average Bonchev–Trinajstić information content (AvgIpc) is 3.75. The molecule has 41 heavy (non-hydrogen) atoms. The first-order valence-corrected chi connectivity index (χ1v) is 13.7. The van der Waals surface area contributed by atoms with Gasteiger partial charge in [-0.15, -0.1) is 11.5 Å². The molecule has 3 aromatic carbocycles. The second-order valence-electron chi connectivity index (χ2n) is 10.2. The highest BCUT2D eigenvalue weighted by molar-refractivity contribution is 5.99. The van der Waals surface area contributed by atoms with Gasteiger partial charge in [-0.25, -0.2) is 9.07 Å². The monoisotopic (exact) mass is 541 g/mol. The van der Waals surface area contributed by atoms with Gasteiger partial charge in [0.2, 0.25) is 0 Å². The molecule has 1 fully saturated rings. The van der Waals surface area contributed by atoms with Crippen LogP contribution >= 0.6 is 0 Å². The van der Waals surface area contributed by atoms with E-state index in [0.29, 0.717) is 39.8 Å². The average molecular weight is 542 g/mol. The summed E-state index contributed by atoms with van der Waals surface area (Å²) >= 11 is 0. The Morgan fingerprint density at radius 2 is 1.83 bits per heavy atom. The molecule has 0 saturated heterocycles. The van der Waals surface area contributed by atoms with Gasteiger partial charge in [0.05, 0.1) is 46.7 Å². The van der Waals surface area contributed by atoms with Crippen molar-refractivity contribution >= 4 is 22.3 Å². The normalized spacial score (nSPS) is 14.1. The van der Waals surface area contributed by atoms with E-state index in [2.05, 4.69) is 57.0 Å². The van der Waals surface area contributed by atoms with Crippen LogP contribution in [0, 0.1) is 29.5 Å². The van der Waals surface area contributed by atoms with E-state index < -0.39 is 6.04 Å². The molecular weight excluding hydrogens is 513 g/mol. The first kappa shape index (κ1) is 26.0. The molecular formula is C33H28FN7. The maximum atomic E-state index is 13.8. The highest BCUT2D eigenvalue weighted by Crippen LogP contribution is 2.37. The van der Waals surface area contributed by atoms with Crippen molar-refractivity contribution in [1.82, 2.24) is 20.0 Å². The van der Waals surface area contributed by atoms with Crippen molar-refractivity contribution in [2.75, 3.05) is 10.6 Å². The molecule has 1 aliphatic carbocycles. The lowest BCUT2D eigenvalue weighted by molar-refractivity contribution is 0.610. The van der Waals surface area contributed by atoms with Crippen LogP contribution in [0.4, 0.5) is 15.8 Å². The highest BCUT2D eigenvalue weighted by Gasteiger charge is 2.27. The topological polar surface area (TPSA) is 91.5 Å². The van der Waals surface area contributed by atoms with Crippen LogP contribution < -0.4 is 10.6 Å². The first-order chi connectivity index (χ1) is 20.1. The number of nitrogens with one attached hydrogen (secondary N) is 2. The second-order valence-corrected chi connectivity index (χ2v) is 10.2. The minimum absolute atomic E-state index is 0.0239. The molecule has 2 aromatic heterocycles. The Labute approximate surface area is 238 Å². The van der Waals surface area contributed by atoms with E-state index in [1.54, 1.807) is 18.3 Å². The Morgan fingerprint density at radius 3 is 2.51 bits per heavy atom. The summed E-state index contributed by atoms with van der Waals surface area (Å²) in [6.07, 6.45) is 12.4. The summed E-state index contributed by atoms with van der Waals surface area (Å²) in [4.78, 5) is 4.57. The molecule has 0 aliphatic heterocycles. The number of fused-ring (bicyclic) bond motifs is 1. The number of terminal acetylenes is 1. The maximum absolute atomic E-state index is 13.8. The molecule has 6 rings (SSSR count). The molecule has 2 atom stereocenters. The lowest BCUT2D eigenvalue weighted by atomic mass is 10.00. The van der Waals surface area contributed by atoms with E-state index in [1.807, 2.05) is 41.2 Å². The summed E-state index contributed by atoms with van der Waals surface area (Å²) in [6.45, 7) is 2.10. The minimum atomic E-state index is -0.414. The van der Waals surface area contributed by atoms with E-state index in [4.69, 9.17) is 6.42 Å². The van der Waals surface area contributed by atoms with Crippen molar-refractivity contribution < 1.29 is 4.39 Å². The van der Waals surface area contributed by atoms with Gasteiger partial charge in [-0.1, -0.05) is 60.5 Å². The quantitative estimate of drug-likeness (QED) is 0.197. The van der Waals surface area contributed by atoms with Crippen LogP contribution in [0.3, 0.4) is 0 Å². The molecule has 8 heteroatoms. The molecule has 1 saturated carbocycles. The number of pyridine rings is 1. The third-order valence-corrected chi connectivity index (χ3v) is 7.44. The van der Waals surface area contributed by atoms with E-state index in [0.717, 1.165) is 35.8 Å². The number of nitrogens with zero attached hydrogens (tertiary/aromatic N) is 5. The van der Waals surface area contributed by atoms with Crippen LogP contribution in [0.2, 0.25) is 0 Å². The fraction of sp³-hybridized carbons (Fsp3) is 0.212. The fourth-order valence-electron chi connectivity index (χ4n) is 5.11. The summed E-state index contributed by atoms with van der Waals surface area (Å²) in [6, 6.07) is 22.5. The minimum Gasteiger partial charge on any atom is -0.377 e. The molecule has 0 bridgehead atoms. The van der Waals surface area contributed by atoms with E-state index >= 15 is 0 Å². The molecule has 2 N–H and O–H groups in total. The van der Waals surface area contributed by atoms with Crippen molar-refractivity contribution in [3.63, 3.8) is 0 Å². The molecule has 7 nitrogen and oxygen atoms in total. The summed E-state index contributed by atoms with van der Waals surface area (Å²) in [5.74, 6) is 2.45. The largest absolute Gasteiger partial charge is 0.377 e. The molecule has 202 valence electrons. The lowest BCUT2D eigenvalue weighted by Gasteiger charge is -2.22. The van der Waals surface area contributed by atoms with Gasteiger partial charge in [0.1, 0.15) is 17.6 Å². The third kappa shape index (κ3) is 5.33. The number of hydrogen-bond donors (Lipinski definition) is 2. The molecule has 5 aromatic rings. The van der Waals surface area contributed by atoms with E-state index in [9.17, 15) is 9.65 Å². The summed E-state index contributed by atoms with van der Waals surface area (Å²) in [7, 11) is 0. The van der Waals surface area contributed by atoms with Gasteiger partial charge >= 0.3 is 0 Å². The van der Waals surface area contributed by atoms with Crippen LogP contribution in [0.15, 0.2) is 79.1 Å². The molecule has 2 heterocycles. The van der Waals surface area contributed by atoms with Crippen LogP contribution in [0.25, 0.3) is 10.9 Å². The third-order valence-electron chi connectivity index (χ3n) is 7.44. The predicted molar refractivity (Wildman–Crippen MR) is 158 cm³/mol. The maximum Gasteiger partial charge on any atom is 0.123 e. The first-order valence-electron chi connectivity index (χ1n) is 13.7. The summed E-state index contributed by atoms with van der Waals surface area (Å²) < 4.78 is 15.7. The van der Waals surface area contributed by atoms with Crippen LogP contribution in [0.1, 0.15) is 72.3 Å². The zero-order valence-corrected chi connectivity index (χ0v) is 22.6. The van der Waals surface area contributed by atoms with Crippen molar-refractivity contribution in [1.29, 1.82) is 5.26 Å². The van der Waals surface area contributed by atoms with Gasteiger partial charge in [0, 0.05) is 17.3 Å². The van der Waals surface area contributed by atoms with Gasteiger partial charge in [-0.2, -0.15) is 5.26 Å². The second kappa shape index (κ2) is 11.1. The number of anilines is 2. The van der Waals surface area contributed by atoms with Gasteiger partial charge in [0.15, 0.2) is 0 Å². The highest BCUT2D eigenvalue weighted by atomic mass is 19.1. The van der Waals surface area contributed by atoms with Crippen molar-refractivity contribution in [2.45, 2.75) is 44.3 Å². The number of nitriles is 1. The van der Waals surface area contributed by atoms with Crippen LogP contribution in [-0.2, 0) is 0 Å². The van der Waals surface area contributed by atoms with Crippen molar-refractivity contribution in [3.8, 4) is 18.4 Å². The van der Waals surface area contributed by atoms with Gasteiger partial charge in [-0.05, 0) is 54.7 Å². The zero-order valence-electron chi connectivity index (χ0n) is 22.6. The standard InChI is InChI=1S/C33H28FN7/c1-3-21-16-26(37-33(23-10-12-25(34)13-11-23)30-20-41(40-39-30)27-14-15-27)17-28-31(21)36-19-24(18-35)32(28)38-29(4-2)22-8-6-5-7-9-22/h1,5-13,16-17,19-20,27,29,33,37H,4,14-15H2,2H3,(H,36,38)/t29-,33?/m1/s1. The Bertz CT molecular complexity index is 1780. The Hall–Kier alpha value is -5.21. The number of benzene rings is 3. The van der Waals surface area contributed by atoms with Gasteiger partial charge in [-0.3, -0.25) is 4.98 Å². The van der Waals surface area contributed by atoms with Crippen molar-refractivity contribution in [3.05, 3.63) is 113 Å². The zero-order chi connectivity index (χ0) is 28.3. The number of halogens is 1.